The molecule has 18 heavy (non-hydrogen) atoms. The molecule has 3 atom stereocenters. The van der Waals surface area contributed by atoms with Crippen LogP contribution < -0.4 is 11.1 Å². The van der Waals surface area contributed by atoms with E-state index in [-0.39, 0.29) is 18.4 Å². The number of carboxylic acids is 1. The molecule has 5 heteroatoms. The van der Waals surface area contributed by atoms with Crippen LogP contribution in [-0.2, 0) is 9.59 Å². The van der Waals surface area contributed by atoms with Gasteiger partial charge in [0.1, 0.15) is 0 Å². The minimum absolute atomic E-state index is 0.0467. The molecule has 0 aromatic heterocycles. The molecule has 0 spiro atoms. The Bertz CT molecular complexity index is 267. The second kappa shape index (κ2) is 8.91. The Morgan fingerprint density at radius 2 is 1.94 bits per heavy atom. The van der Waals surface area contributed by atoms with Gasteiger partial charge in [0.2, 0.25) is 5.91 Å². The van der Waals surface area contributed by atoms with E-state index in [1.807, 2.05) is 0 Å². The molecule has 1 amide bonds. The molecule has 106 valence electrons. The summed E-state index contributed by atoms with van der Waals surface area (Å²) in [5, 5.41) is 11.6. The summed E-state index contributed by atoms with van der Waals surface area (Å²) in [6.07, 6.45) is 3.95. The van der Waals surface area contributed by atoms with E-state index in [1.54, 1.807) is 6.92 Å². The number of nitrogens with one attached hydrogen (secondary N) is 1. The number of carbonyl (C=O) groups is 2. The summed E-state index contributed by atoms with van der Waals surface area (Å²) < 4.78 is 0. The van der Waals surface area contributed by atoms with Crippen LogP contribution in [0.25, 0.3) is 0 Å². The highest BCUT2D eigenvalue weighted by molar-refractivity contribution is 5.81. The largest absolute Gasteiger partial charge is 0.481 e. The summed E-state index contributed by atoms with van der Waals surface area (Å²) in [6, 6.07) is -0.930. The zero-order valence-electron chi connectivity index (χ0n) is 11.6. The van der Waals surface area contributed by atoms with Crippen LogP contribution in [0, 0.1) is 5.92 Å². The van der Waals surface area contributed by atoms with Gasteiger partial charge in [0.05, 0.1) is 12.5 Å². The predicted molar refractivity (Wildman–Crippen MR) is 71.1 cm³/mol. The highest BCUT2D eigenvalue weighted by Crippen LogP contribution is 2.15. The van der Waals surface area contributed by atoms with Crippen molar-refractivity contribution >= 4 is 11.9 Å². The summed E-state index contributed by atoms with van der Waals surface area (Å²) in [4.78, 5) is 22.3. The number of carboxylic acid groups (broad SMARTS) is 1. The van der Waals surface area contributed by atoms with Crippen molar-refractivity contribution in [3.8, 4) is 0 Å². The van der Waals surface area contributed by atoms with Gasteiger partial charge in [-0.2, -0.15) is 0 Å². The monoisotopic (exact) mass is 258 g/mol. The van der Waals surface area contributed by atoms with Crippen LogP contribution in [-0.4, -0.2) is 29.1 Å². The third-order valence-electron chi connectivity index (χ3n) is 2.92. The molecule has 0 aromatic rings. The second-order valence-corrected chi connectivity index (χ2v) is 5.08. The minimum atomic E-state index is -0.896. The molecule has 0 rings (SSSR count). The Morgan fingerprint density at radius 1 is 1.33 bits per heavy atom. The molecular weight excluding hydrogens is 232 g/mol. The molecule has 0 bridgehead atoms. The molecule has 0 aromatic carbocycles. The van der Waals surface area contributed by atoms with Gasteiger partial charge >= 0.3 is 5.97 Å². The highest BCUT2D eigenvalue weighted by Gasteiger charge is 2.20. The normalized spacial score (nSPS) is 15.8. The van der Waals surface area contributed by atoms with E-state index in [4.69, 9.17) is 10.8 Å². The van der Waals surface area contributed by atoms with Gasteiger partial charge in [-0.25, -0.2) is 0 Å². The number of rotatable bonds is 9. The number of carbonyl (C=O) groups excluding carboxylic acids is 1. The first kappa shape index (κ1) is 16.9. The van der Waals surface area contributed by atoms with Gasteiger partial charge in [0, 0.05) is 6.04 Å². The number of unbranched alkanes of at least 4 members (excludes halogenated alkanes) is 1. The molecule has 0 radical (unpaired) electrons. The van der Waals surface area contributed by atoms with Gasteiger partial charge in [0.15, 0.2) is 0 Å². The van der Waals surface area contributed by atoms with Crippen molar-refractivity contribution in [3.63, 3.8) is 0 Å². The summed E-state index contributed by atoms with van der Waals surface area (Å²) in [7, 11) is 0. The highest BCUT2D eigenvalue weighted by atomic mass is 16.4. The maximum absolute atomic E-state index is 11.5. The topological polar surface area (TPSA) is 92.4 Å². The Kier molecular flexibility index (Phi) is 8.37. The second-order valence-electron chi connectivity index (χ2n) is 5.08. The van der Waals surface area contributed by atoms with E-state index in [0.717, 1.165) is 19.3 Å². The van der Waals surface area contributed by atoms with E-state index in [9.17, 15) is 9.59 Å². The minimum Gasteiger partial charge on any atom is -0.481 e. The van der Waals surface area contributed by atoms with Crippen LogP contribution in [0.2, 0.25) is 0 Å². The van der Waals surface area contributed by atoms with Crippen molar-refractivity contribution in [3.05, 3.63) is 0 Å². The lowest BCUT2D eigenvalue weighted by Crippen LogP contribution is -2.45. The van der Waals surface area contributed by atoms with Gasteiger partial charge in [-0.1, -0.05) is 33.1 Å². The van der Waals surface area contributed by atoms with Gasteiger partial charge in [-0.3, -0.25) is 9.59 Å². The van der Waals surface area contributed by atoms with Crippen molar-refractivity contribution in [1.82, 2.24) is 5.32 Å². The fraction of sp³-hybridized carbons (Fsp3) is 0.846. The average Bonchev–Trinajstić information content (AvgIpc) is 2.24. The number of hydrogen-bond donors (Lipinski definition) is 3. The lowest BCUT2D eigenvalue weighted by Gasteiger charge is -2.21. The molecule has 0 aliphatic carbocycles. The molecule has 4 N–H and O–H groups in total. The summed E-state index contributed by atoms with van der Waals surface area (Å²) >= 11 is 0. The molecule has 3 unspecified atom stereocenters. The Balaban J connectivity index is 4.30. The van der Waals surface area contributed by atoms with Crippen LogP contribution in [0.4, 0.5) is 0 Å². The number of hydrogen-bond acceptors (Lipinski definition) is 3. The number of amides is 1. The average molecular weight is 258 g/mol. The van der Waals surface area contributed by atoms with Crippen molar-refractivity contribution in [1.29, 1.82) is 0 Å². The van der Waals surface area contributed by atoms with Crippen molar-refractivity contribution in [2.24, 2.45) is 11.7 Å². The molecule has 5 nitrogen and oxygen atoms in total. The standard InChI is InChI=1S/C13H26N2O3/c1-4-5-6-9(2)7-11(8-12(16)17)15-13(18)10(3)14/h9-11H,4-8,14H2,1-3H3,(H,15,18)(H,16,17). The van der Waals surface area contributed by atoms with Crippen molar-refractivity contribution in [2.75, 3.05) is 0 Å². The van der Waals surface area contributed by atoms with Gasteiger partial charge in [-0.15, -0.1) is 0 Å². The Morgan fingerprint density at radius 3 is 2.39 bits per heavy atom. The van der Waals surface area contributed by atoms with Crippen molar-refractivity contribution < 1.29 is 14.7 Å². The first-order valence-electron chi connectivity index (χ1n) is 6.64. The lowest BCUT2D eigenvalue weighted by atomic mass is 9.94. The first-order chi connectivity index (χ1) is 8.36. The number of nitrogens with two attached hydrogens (primary N) is 1. The summed E-state index contributed by atoms with van der Waals surface area (Å²) in [5.41, 5.74) is 5.47. The molecule has 0 fully saturated rings. The SMILES string of the molecule is CCCCC(C)CC(CC(=O)O)NC(=O)C(C)N. The van der Waals surface area contributed by atoms with Crippen LogP contribution >= 0.6 is 0 Å². The molecule has 0 aliphatic rings. The van der Waals surface area contributed by atoms with E-state index >= 15 is 0 Å². The fourth-order valence-corrected chi connectivity index (χ4v) is 1.89. The first-order valence-corrected chi connectivity index (χ1v) is 6.64. The predicted octanol–water partition coefficient (Wildman–Crippen LogP) is 1.51. The van der Waals surface area contributed by atoms with Gasteiger partial charge in [-0.05, 0) is 19.3 Å². The third-order valence-corrected chi connectivity index (χ3v) is 2.92. The molecule has 0 aliphatic heterocycles. The van der Waals surface area contributed by atoms with E-state index in [2.05, 4.69) is 19.2 Å². The fourth-order valence-electron chi connectivity index (χ4n) is 1.89. The third kappa shape index (κ3) is 8.06. The Labute approximate surface area is 109 Å². The molecule has 0 saturated carbocycles. The summed E-state index contributed by atoms with van der Waals surface area (Å²) in [6.45, 7) is 5.80. The molecule has 0 heterocycles. The summed E-state index contributed by atoms with van der Waals surface area (Å²) in [5.74, 6) is -0.778. The van der Waals surface area contributed by atoms with E-state index < -0.39 is 12.0 Å². The van der Waals surface area contributed by atoms with Gasteiger partial charge < -0.3 is 16.2 Å². The lowest BCUT2D eigenvalue weighted by molar-refractivity contribution is -0.137. The van der Waals surface area contributed by atoms with Crippen LogP contribution in [0.1, 0.15) is 52.9 Å². The zero-order valence-corrected chi connectivity index (χ0v) is 11.6. The maximum atomic E-state index is 11.5. The van der Waals surface area contributed by atoms with E-state index in [1.165, 1.54) is 0 Å². The van der Waals surface area contributed by atoms with Crippen molar-refractivity contribution in [2.45, 2.75) is 65.0 Å². The molecule has 0 saturated heterocycles. The van der Waals surface area contributed by atoms with Crippen LogP contribution in [0.5, 0.6) is 0 Å². The van der Waals surface area contributed by atoms with Crippen LogP contribution in [0.3, 0.4) is 0 Å². The Hall–Kier alpha value is -1.10. The maximum Gasteiger partial charge on any atom is 0.305 e. The van der Waals surface area contributed by atoms with Gasteiger partial charge in [0.25, 0.3) is 0 Å². The smallest absolute Gasteiger partial charge is 0.305 e. The number of aliphatic carboxylic acids is 1. The zero-order chi connectivity index (χ0) is 14.1. The quantitative estimate of drug-likeness (QED) is 0.584. The molecular formula is C13H26N2O3. The van der Waals surface area contributed by atoms with E-state index in [0.29, 0.717) is 12.3 Å². The van der Waals surface area contributed by atoms with Crippen LogP contribution in [0.15, 0.2) is 0 Å².